The first-order valence-corrected chi connectivity index (χ1v) is 6.31. The summed E-state index contributed by atoms with van der Waals surface area (Å²) >= 11 is 0. The average molecular weight is 319 g/mol. The monoisotopic (exact) mass is 319 g/mol. The quantitative estimate of drug-likeness (QED) is 0.508. The third kappa shape index (κ3) is 4.40. The van der Waals surface area contributed by atoms with Gasteiger partial charge < -0.3 is 29.7 Å². The zero-order valence-electron chi connectivity index (χ0n) is 12.1. The van der Waals surface area contributed by atoms with E-state index in [9.17, 15) is 24.3 Å². The zero-order chi connectivity index (χ0) is 17.0. The standard InChI is InChI=1S/C12H17NO9/c1-4(14)13-7-8(20-5(2)15)9(21-6(3)16)10(11(17)18)22-12(7)19/h7-10,12,19H,1-3H3,(H,13,14)(H,17,18)/t7-,8+,9-,10+,12-/m0/s1. The minimum absolute atomic E-state index is 0.583. The minimum Gasteiger partial charge on any atom is -0.479 e. The van der Waals surface area contributed by atoms with E-state index in [1.54, 1.807) is 0 Å². The number of carboxylic acids is 1. The number of nitrogens with one attached hydrogen (secondary N) is 1. The van der Waals surface area contributed by atoms with E-state index in [1.807, 2.05) is 0 Å². The molecule has 0 aromatic heterocycles. The Morgan fingerprint density at radius 1 is 1.00 bits per heavy atom. The Hall–Kier alpha value is -2.20. The first-order chi connectivity index (χ1) is 10.1. The van der Waals surface area contributed by atoms with Gasteiger partial charge in [0.05, 0.1) is 0 Å². The second-order valence-electron chi connectivity index (χ2n) is 4.66. The third-order valence-electron chi connectivity index (χ3n) is 2.79. The highest BCUT2D eigenvalue weighted by atomic mass is 16.7. The molecule has 0 saturated carbocycles. The molecule has 1 fully saturated rings. The number of amides is 1. The zero-order valence-corrected chi connectivity index (χ0v) is 12.1. The molecule has 10 nitrogen and oxygen atoms in total. The van der Waals surface area contributed by atoms with Gasteiger partial charge in [-0.15, -0.1) is 0 Å². The van der Waals surface area contributed by atoms with E-state index in [4.69, 9.17) is 19.3 Å². The molecule has 1 heterocycles. The number of aliphatic hydroxyl groups excluding tert-OH is 1. The molecule has 1 rings (SSSR count). The molecule has 0 unspecified atom stereocenters. The Bertz CT molecular complexity index is 477. The molecule has 0 spiro atoms. The van der Waals surface area contributed by atoms with Gasteiger partial charge >= 0.3 is 17.9 Å². The van der Waals surface area contributed by atoms with Crippen molar-refractivity contribution in [3.8, 4) is 0 Å². The van der Waals surface area contributed by atoms with Gasteiger partial charge in [0.15, 0.2) is 24.6 Å². The smallest absolute Gasteiger partial charge is 0.337 e. The van der Waals surface area contributed by atoms with E-state index >= 15 is 0 Å². The second-order valence-corrected chi connectivity index (χ2v) is 4.66. The summed E-state index contributed by atoms with van der Waals surface area (Å²) in [6, 6.07) is -1.29. The highest BCUT2D eigenvalue weighted by molar-refractivity contribution is 5.76. The van der Waals surface area contributed by atoms with Crippen LogP contribution in [0.1, 0.15) is 20.8 Å². The molecule has 0 aromatic carbocycles. The molecular weight excluding hydrogens is 302 g/mol. The molecule has 1 aliphatic heterocycles. The Kier molecular flexibility index (Phi) is 5.83. The molecule has 0 aliphatic carbocycles. The molecule has 0 radical (unpaired) electrons. The summed E-state index contributed by atoms with van der Waals surface area (Å²) in [4.78, 5) is 44.8. The Labute approximate surface area is 125 Å². The Balaban J connectivity index is 3.18. The summed E-state index contributed by atoms with van der Waals surface area (Å²) < 4.78 is 14.6. The van der Waals surface area contributed by atoms with Crippen molar-refractivity contribution in [2.24, 2.45) is 0 Å². The van der Waals surface area contributed by atoms with Gasteiger partial charge in [0.1, 0.15) is 6.04 Å². The van der Waals surface area contributed by atoms with Gasteiger partial charge in [0.2, 0.25) is 5.91 Å². The molecule has 124 valence electrons. The highest BCUT2D eigenvalue weighted by Gasteiger charge is 2.52. The molecule has 22 heavy (non-hydrogen) atoms. The lowest BCUT2D eigenvalue weighted by molar-refractivity contribution is -0.258. The summed E-state index contributed by atoms with van der Waals surface area (Å²) in [5.74, 6) is -3.76. The molecule has 3 N–H and O–H groups in total. The Morgan fingerprint density at radius 3 is 1.91 bits per heavy atom. The van der Waals surface area contributed by atoms with Gasteiger partial charge in [-0.3, -0.25) is 14.4 Å². The lowest BCUT2D eigenvalue weighted by Crippen LogP contribution is -2.66. The predicted molar refractivity (Wildman–Crippen MR) is 67.2 cm³/mol. The van der Waals surface area contributed by atoms with Crippen molar-refractivity contribution in [2.45, 2.75) is 51.4 Å². The van der Waals surface area contributed by atoms with Gasteiger partial charge in [0.25, 0.3) is 0 Å². The van der Waals surface area contributed by atoms with Crippen LogP contribution in [0.25, 0.3) is 0 Å². The van der Waals surface area contributed by atoms with E-state index in [0.717, 1.165) is 20.8 Å². The van der Waals surface area contributed by atoms with Crippen molar-refractivity contribution in [1.82, 2.24) is 5.32 Å². The van der Waals surface area contributed by atoms with Crippen LogP contribution in [0.15, 0.2) is 0 Å². The number of aliphatic carboxylic acids is 1. The van der Waals surface area contributed by atoms with Crippen molar-refractivity contribution >= 4 is 23.8 Å². The summed E-state index contributed by atoms with van der Waals surface area (Å²) in [5.41, 5.74) is 0. The van der Waals surface area contributed by atoms with Crippen LogP contribution in [0.3, 0.4) is 0 Å². The normalized spacial score (nSPS) is 31.0. The maximum Gasteiger partial charge on any atom is 0.337 e. The average Bonchev–Trinajstić information content (AvgIpc) is 2.34. The number of hydrogen-bond donors (Lipinski definition) is 3. The topological polar surface area (TPSA) is 148 Å². The van der Waals surface area contributed by atoms with Gasteiger partial charge in [-0.25, -0.2) is 4.79 Å². The molecule has 10 heteroatoms. The molecular formula is C12H17NO9. The van der Waals surface area contributed by atoms with Crippen molar-refractivity contribution in [2.75, 3.05) is 0 Å². The summed E-state index contributed by atoms with van der Waals surface area (Å²) in [5, 5.41) is 21.2. The van der Waals surface area contributed by atoms with E-state index in [2.05, 4.69) is 5.32 Å². The van der Waals surface area contributed by atoms with E-state index in [1.165, 1.54) is 0 Å². The molecule has 0 bridgehead atoms. The van der Waals surface area contributed by atoms with Crippen LogP contribution in [-0.4, -0.2) is 64.7 Å². The van der Waals surface area contributed by atoms with Crippen molar-refractivity contribution in [1.29, 1.82) is 0 Å². The molecule has 1 amide bonds. The molecule has 0 aromatic rings. The number of aliphatic hydroxyl groups is 1. The van der Waals surface area contributed by atoms with Crippen LogP contribution in [0.2, 0.25) is 0 Å². The van der Waals surface area contributed by atoms with Gasteiger partial charge in [-0.2, -0.15) is 0 Å². The predicted octanol–water partition coefficient (Wildman–Crippen LogP) is -1.84. The van der Waals surface area contributed by atoms with E-state index < -0.39 is 54.5 Å². The maximum atomic E-state index is 11.2. The lowest BCUT2D eigenvalue weighted by Gasteiger charge is -2.42. The summed E-state index contributed by atoms with van der Waals surface area (Å²) in [7, 11) is 0. The fourth-order valence-corrected chi connectivity index (χ4v) is 2.09. The maximum absolute atomic E-state index is 11.2. The molecule has 5 atom stereocenters. The number of esters is 2. The first-order valence-electron chi connectivity index (χ1n) is 6.31. The summed E-state index contributed by atoms with van der Waals surface area (Å²) in [6.45, 7) is 3.22. The van der Waals surface area contributed by atoms with Crippen LogP contribution in [0.5, 0.6) is 0 Å². The Morgan fingerprint density at radius 2 is 1.50 bits per heavy atom. The number of carbonyl (C=O) groups excluding carboxylic acids is 3. The van der Waals surface area contributed by atoms with Crippen molar-refractivity contribution in [3.05, 3.63) is 0 Å². The number of carbonyl (C=O) groups is 4. The fraction of sp³-hybridized carbons (Fsp3) is 0.667. The van der Waals surface area contributed by atoms with Crippen LogP contribution in [-0.2, 0) is 33.4 Å². The van der Waals surface area contributed by atoms with E-state index in [0.29, 0.717) is 0 Å². The summed E-state index contributed by atoms with van der Waals surface area (Å²) in [6.07, 6.45) is -6.47. The SMILES string of the molecule is CC(=O)N[C@H]1[C@@H](OC(C)=O)[C@H](OC(C)=O)[C@H](C(=O)O)O[C@@H]1O. The lowest BCUT2D eigenvalue weighted by atomic mass is 9.96. The first kappa shape index (κ1) is 17.9. The van der Waals surface area contributed by atoms with Crippen LogP contribution in [0.4, 0.5) is 0 Å². The van der Waals surface area contributed by atoms with Gasteiger partial charge in [0, 0.05) is 20.8 Å². The number of hydrogen-bond acceptors (Lipinski definition) is 8. The number of carboxylic acid groups (broad SMARTS) is 1. The molecule has 1 aliphatic rings. The number of ether oxygens (including phenoxy) is 3. The van der Waals surface area contributed by atoms with Crippen LogP contribution >= 0.6 is 0 Å². The van der Waals surface area contributed by atoms with Gasteiger partial charge in [-0.05, 0) is 0 Å². The van der Waals surface area contributed by atoms with Gasteiger partial charge in [-0.1, -0.05) is 0 Å². The largest absolute Gasteiger partial charge is 0.479 e. The van der Waals surface area contributed by atoms with E-state index in [-0.39, 0.29) is 0 Å². The third-order valence-corrected chi connectivity index (χ3v) is 2.79. The van der Waals surface area contributed by atoms with Crippen molar-refractivity contribution in [3.63, 3.8) is 0 Å². The fourth-order valence-electron chi connectivity index (χ4n) is 2.09. The minimum atomic E-state index is -1.76. The highest BCUT2D eigenvalue weighted by Crippen LogP contribution is 2.25. The second kappa shape index (κ2) is 7.18. The number of rotatable bonds is 4. The van der Waals surface area contributed by atoms with Crippen LogP contribution in [0, 0.1) is 0 Å². The van der Waals surface area contributed by atoms with Crippen LogP contribution < -0.4 is 5.32 Å². The van der Waals surface area contributed by atoms with Crippen molar-refractivity contribution < 1.29 is 43.6 Å². The molecule has 1 saturated heterocycles.